The van der Waals surface area contributed by atoms with Crippen molar-refractivity contribution < 1.29 is 9.53 Å². The first-order valence-corrected chi connectivity index (χ1v) is 7.36. The number of nitrogens with zero attached hydrogens (tertiary/aromatic N) is 2. The Morgan fingerprint density at radius 3 is 2.82 bits per heavy atom. The molecule has 1 heterocycles. The summed E-state index contributed by atoms with van der Waals surface area (Å²) in [5, 5.41) is 10.2. The second-order valence-electron chi connectivity index (χ2n) is 4.74. The fourth-order valence-corrected chi connectivity index (χ4v) is 2.11. The fraction of sp³-hybridized carbons (Fsp3) is 0.333. The largest absolute Gasteiger partial charge is 0.493 e. The molecule has 0 aliphatic carbocycles. The van der Waals surface area contributed by atoms with Crippen LogP contribution in [-0.2, 0) is 20.1 Å². The van der Waals surface area contributed by atoms with Gasteiger partial charge in [0.05, 0.1) is 12.8 Å². The number of rotatable bonds is 6. The molecular formula is C15H19ClN4O2. The Morgan fingerprint density at radius 1 is 1.36 bits per heavy atom. The molecule has 0 unspecified atom stereocenters. The van der Waals surface area contributed by atoms with E-state index in [0.29, 0.717) is 30.5 Å². The van der Waals surface area contributed by atoms with Gasteiger partial charge >= 0.3 is 6.03 Å². The molecule has 0 saturated carbocycles. The molecule has 1 aromatic heterocycles. The third-order valence-corrected chi connectivity index (χ3v) is 3.21. The second-order valence-corrected chi connectivity index (χ2v) is 5.18. The molecule has 0 spiro atoms. The number of hydrogen-bond acceptors (Lipinski definition) is 3. The second kappa shape index (κ2) is 7.70. The molecule has 0 bridgehead atoms. The van der Waals surface area contributed by atoms with Crippen LogP contribution in [0.1, 0.15) is 18.1 Å². The van der Waals surface area contributed by atoms with Crippen molar-refractivity contribution in [3.05, 3.63) is 46.7 Å². The Kier molecular flexibility index (Phi) is 5.66. The predicted octanol–water partition coefficient (Wildman–Crippen LogP) is 2.47. The minimum atomic E-state index is -0.249. The number of halogens is 1. The third kappa shape index (κ3) is 4.66. The number of ether oxygens (including phenoxy) is 1. The van der Waals surface area contributed by atoms with Crippen molar-refractivity contribution in [2.24, 2.45) is 7.05 Å². The van der Waals surface area contributed by atoms with Gasteiger partial charge in [0, 0.05) is 42.5 Å². The van der Waals surface area contributed by atoms with Crippen LogP contribution in [0.4, 0.5) is 4.79 Å². The third-order valence-electron chi connectivity index (χ3n) is 2.98. The van der Waals surface area contributed by atoms with E-state index < -0.39 is 0 Å². The quantitative estimate of drug-likeness (QED) is 0.858. The Bertz CT molecular complexity index is 642. The van der Waals surface area contributed by atoms with Gasteiger partial charge in [-0.2, -0.15) is 5.10 Å². The lowest BCUT2D eigenvalue weighted by Gasteiger charge is -2.12. The number of carbonyl (C=O) groups is 1. The zero-order valence-electron chi connectivity index (χ0n) is 12.6. The molecule has 6 nitrogen and oxygen atoms in total. The van der Waals surface area contributed by atoms with E-state index in [2.05, 4.69) is 15.7 Å². The summed E-state index contributed by atoms with van der Waals surface area (Å²) in [7, 11) is 1.83. The molecular weight excluding hydrogens is 304 g/mol. The number of nitrogens with one attached hydrogen (secondary N) is 2. The first-order chi connectivity index (χ1) is 10.6. The van der Waals surface area contributed by atoms with E-state index >= 15 is 0 Å². The van der Waals surface area contributed by atoms with E-state index in [0.717, 1.165) is 11.1 Å². The SMILES string of the molecule is CCOc1cc(Cl)ccc1CNC(=O)NCc1cnn(C)c1. The number of hydrogen-bond donors (Lipinski definition) is 2. The van der Waals surface area contributed by atoms with E-state index in [1.165, 1.54) is 0 Å². The molecule has 2 rings (SSSR count). The van der Waals surface area contributed by atoms with E-state index in [9.17, 15) is 4.79 Å². The monoisotopic (exact) mass is 322 g/mol. The van der Waals surface area contributed by atoms with Gasteiger partial charge in [0.1, 0.15) is 5.75 Å². The van der Waals surface area contributed by atoms with Crippen molar-refractivity contribution >= 4 is 17.6 Å². The maximum atomic E-state index is 11.8. The molecule has 118 valence electrons. The van der Waals surface area contributed by atoms with Crippen molar-refractivity contribution in [1.29, 1.82) is 0 Å². The lowest BCUT2D eigenvalue weighted by Crippen LogP contribution is -2.34. The van der Waals surface area contributed by atoms with Crippen LogP contribution in [0.5, 0.6) is 5.75 Å². The lowest BCUT2D eigenvalue weighted by molar-refractivity contribution is 0.240. The number of aryl methyl sites for hydroxylation is 1. The van der Waals surface area contributed by atoms with Crippen LogP contribution >= 0.6 is 11.6 Å². The molecule has 0 atom stereocenters. The van der Waals surface area contributed by atoms with Crippen molar-refractivity contribution in [3.8, 4) is 5.75 Å². The van der Waals surface area contributed by atoms with Gasteiger partial charge in [0.2, 0.25) is 0 Å². The molecule has 7 heteroatoms. The number of carbonyl (C=O) groups excluding carboxylic acids is 1. The number of urea groups is 1. The van der Waals surface area contributed by atoms with Gasteiger partial charge in [-0.25, -0.2) is 4.79 Å². The van der Waals surface area contributed by atoms with Crippen molar-refractivity contribution in [2.45, 2.75) is 20.0 Å². The summed E-state index contributed by atoms with van der Waals surface area (Å²) in [4.78, 5) is 11.8. The van der Waals surface area contributed by atoms with Crippen LogP contribution in [0.3, 0.4) is 0 Å². The van der Waals surface area contributed by atoms with E-state index in [4.69, 9.17) is 16.3 Å². The lowest BCUT2D eigenvalue weighted by atomic mass is 10.2. The minimum Gasteiger partial charge on any atom is -0.493 e. The highest BCUT2D eigenvalue weighted by atomic mass is 35.5. The average Bonchev–Trinajstić information content (AvgIpc) is 2.90. The Labute approximate surface area is 134 Å². The van der Waals surface area contributed by atoms with Gasteiger partial charge in [0.25, 0.3) is 0 Å². The summed E-state index contributed by atoms with van der Waals surface area (Å²) in [6, 6.07) is 5.11. The van der Waals surface area contributed by atoms with Gasteiger partial charge < -0.3 is 15.4 Å². The van der Waals surface area contributed by atoms with Gasteiger partial charge in [-0.15, -0.1) is 0 Å². The molecule has 0 radical (unpaired) electrons. The summed E-state index contributed by atoms with van der Waals surface area (Å²) < 4.78 is 7.21. The summed E-state index contributed by atoms with van der Waals surface area (Å²) >= 11 is 5.95. The molecule has 0 aliphatic heterocycles. The first-order valence-electron chi connectivity index (χ1n) is 6.99. The summed E-state index contributed by atoms with van der Waals surface area (Å²) in [6.45, 7) is 3.24. The highest BCUT2D eigenvalue weighted by molar-refractivity contribution is 6.30. The molecule has 0 fully saturated rings. The molecule has 0 saturated heterocycles. The van der Waals surface area contributed by atoms with Crippen LogP contribution in [0.15, 0.2) is 30.6 Å². The molecule has 2 amide bonds. The molecule has 1 aromatic carbocycles. The standard InChI is InChI=1S/C15H19ClN4O2/c1-3-22-14-6-13(16)5-4-12(14)9-18-15(21)17-7-11-8-19-20(2)10-11/h4-6,8,10H,3,7,9H2,1-2H3,(H2,17,18,21). The average molecular weight is 323 g/mol. The van der Waals surface area contributed by atoms with E-state index in [1.807, 2.05) is 26.2 Å². The van der Waals surface area contributed by atoms with Gasteiger partial charge in [-0.05, 0) is 19.1 Å². The topological polar surface area (TPSA) is 68.2 Å². The van der Waals surface area contributed by atoms with Crippen LogP contribution in [-0.4, -0.2) is 22.4 Å². The number of benzene rings is 1. The van der Waals surface area contributed by atoms with Crippen LogP contribution in [0.25, 0.3) is 0 Å². The zero-order chi connectivity index (χ0) is 15.9. The molecule has 0 aliphatic rings. The maximum absolute atomic E-state index is 11.8. The maximum Gasteiger partial charge on any atom is 0.315 e. The zero-order valence-corrected chi connectivity index (χ0v) is 13.4. The first kappa shape index (κ1) is 16.2. The predicted molar refractivity (Wildman–Crippen MR) is 84.9 cm³/mol. The van der Waals surface area contributed by atoms with Crippen LogP contribution in [0, 0.1) is 0 Å². The molecule has 2 N–H and O–H groups in total. The van der Waals surface area contributed by atoms with Gasteiger partial charge in [0.15, 0.2) is 0 Å². The van der Waals surface area contributed by atoms with Crippen molar-refractivity contribution in [3.63, 3.8) is 0 Å². The molecule has 22 heavy (non-hydrogen) atoms. The van der Waals surface area contributed by atoms with Gasteiger partial charge in [-0.3, -0.25) is 4.68 Å². The highest BCUT2D eigenvalue weighted by Crippen LogP contribution is 2.23. The van der Waals surface area contributed by atoms with E-state index in [1.54, 1.807) is 23.0 Å². The Morgan fingerprint density at radius 2 is 2.14 bits per heavy atom. The summed E-state index contributed by atoms with van der Waals surface area (Å²) in [5.74, 6) is 0.683. The van der Waals surface area contributed by atoms with Crippen molar-refractivity contribution in [1.82, 2.24) is 20.4 Å². The van der Waals surface area contributed by atoms with E-state index in [-0.39, 0.29) is 6.03 Å². The Balaban J connectivity index is 1.85. The number of aromatic nitrogens is 2. The number of amides is 2. The highest BCUT2D eigenvalue weighted by Gasteiger charge is 2.07. The van der Waals surface area contributed by atoms with Crippen molar-refractivity contribution in [2.75, 3.05) is 6.61 Å². The summed E-state index contributed by atoms with van der Waals surface area (Å²) in [5.41, 5.74) is 1.82. The summed E-state index contributed by atoms with van der Waals surface area (Å²) in [6.07, 6.45) is 3.57. The smallest absolute Gasteiger partial charge is 0.315 e. The minimum absolute atomic E-state index is 0.249. The Hall–Kier alpha value is -2.21. The van der Waals surface area contributed by atoms with Gasteiger partial charge in [-0.1, -0.05) is 17.7 Å². The fourth-order valence-electron chi connectivity index (χ4n) is 1.95. The normalized spacial score (nSPS) is 10.3. The molecule has 2 aromatic rings. The van der Waals surface area contributed by atoms with Crippen LogP contribution < -0.4 is 15.4 Å². The van der Waals surface area contributed by atoms with Crippen LogP contribution in [0.2, 0.25) is 5.02 Å².